The van der Waals surface area contributed by atoms with Gasteiger partial charge in [-0.15, -0.1) is 0 Å². The van der Waals surface area contributed by atoms with E-state index in [4.69, 9.17) is 11.6 Å². The molecule has 1 atom stereocenters. The van der Waals surface area contributed by atoms with Gasteiger partial charge in [0.1, 0.15) is 0 Å². The van der Waals surface area contributed by atoms with Crippen molar-refractivity contribution >= 4 is 23.3 Å². The number of amides is 2. The molecule has 1 heterocycles. The second kappa shape index (κ2) is 9.86. The molecule has 2 amide bonds. The lowest BCUT2D eigenvalue weighted by atomic mass is 10.1. The van der Waals surface area contributed by atoms with Gasteiger partial charge in [-0.05, 0) is 44.2 Å². The van der Waals surface area contributed by atoms with Crippen LogP contribution < -0.4 is 5.32 Å². The zero-order chi connectivity index (χ0) is 23.3. The highest BCUT2D eigenvalue weighted by Gasteiger charge is 2.31. The van der Waals surface area contributed by atoms with Crippen molar-refractivity contribution < 1.29 is 22.9 Å². The Morgan fingerprint density at radius 3 is 2.42 bits per heavy atom. The van der Waals surface area contributed by atoms with Crippen LogP contribution in [-0.2, 0) is 6.18 Å². The number of allylic oxidation sites excluding steroid dienone is 3. The number of halogens is 4. The summed E-state index contributed by atoms with van der Waals surface area (Å²) < 4.78 is 38.0. The molecule has 2 rings (SSSR count). The quantitative estimate of drug-likeness (QED) is 0.380. The summed E-state index contributed by atoms with van der Waals surface area (Å²) in [5.74, 6) is 0. The number of anilines is 1. The van der Waals surface area contributed by atoms with E-state index in [1.165, 1.54) is 31.2 Å². The highest BCUT2D eigenvalue weighted by Crippen LogP contribution is 2.30. The Hall–Kier alpha value is -3.01. The standard InChI is InChI=1S/C20H22ClF3N4O3/c1-4-17(28(30)31)11-18(21)14(3)26-9-10-27(13(2)12-26)19(29)25-16-7-5-15(6-8-16)20(22,23)24/h4-8,11,13H,3,9-10,12H2,1-2H3,(H,25,29)/b17-4+,18-11+. The second-order valence-electron chi connectivity index (χ2n) is 6.90. The maximum Gasteiger partial charge on any atom is 0.416 e. The first-order valence-electron chi connectivity index (χ1n) is 9.31. The predicted octanol–water partition coefficient (Wildman–Crippen LogP) is 5.06. The molecule has 1 aromatic rings. The number of nitro groups is 1. The van der Waals surface area contributed by atoms with Gasteiger partial charge in [0.15, 0.2) is 0 Å². The minimum absolute atomic E-state index is 0.125. The SMILES string of the molecule is C=C(/C(Cl)=C\C(=C/C)[N+](=O)[O-])N1CCN(C(=O)Nc2ccc(C(F)(F)F)cc2)C(C)C1. The molecule has 1 fully saturated rings. The van der Waals surface area contributed by atoms with Gasteiger partial charge < -0.3 is 15.1 Å². The van der Waals surface area contributed by atoms with E-state index in [0.29, 0.717) is 25.3 Å². The summed E-state index contributed by atoms with van der Waals surface area (Å²) in [6.07, 6.45) is -1.90. The topological polar surface area (TPSA) is 78.7 Å². The second-order valence-corrected chi connectivity index (χ2v) is 7.31. The lowest BCUT2D eigenvalue weighted by Gasteiger charge is -2.41. The van der Waals surface area contributed by atoms with Crippen molar-refractivity contribution in [2.75, 3.05) is 25.0 Å². The molecule has 1 unspecified atom stereocenters. The number of rotatable bonds is 5. The van der Waals surface area contributed by atoms with Crippen LogP contribution in [-0.4, -0.2) is 46.4 Å². The average Bonchev–Trinajstić information content (AvgIpc) is 2.70. The number of hydrogen-bond donors (Lipinski definition) is 1. The Balaban J connectivity index is 1.99. The Morgan fingerprint density at radius 1 is 1.32 bits per heavy atom. The zero-order valence-electron chi connectivity index (χ0n) is 16.9. The number of nitrogens with one attached hydrogen (secondary N) is 1. The van der Waals surface area contributed by atoms with Crippen LogP contribution in [0.3, 0.4) is 0 Å². The summed E-state index contributed by atoms with van der Waals surface area (Å²) in [7, 11) is 0. The zero-order valence-corrected chi connectivity index (χ0v) is 17.7. The van der Waals surface area contributed by atoms with Crippen molar-refractivity contribution in [1.29, 1.82) is 0 Å². The van der Waals surface area contributed by atoms with Crippen LogP contribution in [0.25, 0.3) is 0 Å². The first-order chi connectivity index (χ1) is 14.4. The Labute approximate surface area is 182 Å². The minimum atomic E-state index is -4.45. The number of hydrogen-bond acceptors (Lipinski definition) is 4. The summed E-state index contributed by atoms with van der Waals surface area (Å²) in [5, 5.41) is 13.7. The van der Waals surface area contributed by atoms with Crippen LogP contribution >= 0.6 is 11.6 Å². The third-order valence-corrected chi connectivity index (χ3v) is 5.12. The molecular formula is C20H22ClF3N4O3. The lowest BCUT2D eigenvalue weighted by Crippen LogP contribution is -2.54. The van der Waals surface area contributed by atoms with Gasteiger partial charge in [0.25, 0.3) is 5.70 Å². The number of carbonyl (C=O) groups excluding carboxylic acids is 1. The van der Waals surface area contributed by atoms with Crippen LogP contribution in [0.5, 0.6) is 0 Å². The number of urea groups is 1. The Kier molecular flexibility index (Phi) is 7.72. The van der Waals surface area contributed by atoms with Crippen LogP contribution in [0.4, 0.5) is 23.7 Å². The summed E-state index contributed by atoms with van der Waals surface area (Å²) in [6, 6.07) is 3.49. The van der Waals surface area contributed by atoms with Crippen molar-refractivity contribution in [3.05, 3.63) is 75.1 Å². The molecule has 11 heteroatoms. The van der Waals surface area contributed by atoms with Gasteiger partial charge in [0.2, 0.25) is 0 Å². The fourth-order valence-corrected chi connectivity index (χ4v) is 3.28. The van der Waals surface area contributed by atoms with Crippen molar-refractivity contribution in [1.82, 2.24) is 9.80 Å². The molecule has 31 heavy (non-hydrogen) atoms. The summed E-state index contributed by atoms with van der Waals surface area (Å²) in [4.78, 5) is 26.3. The Bertz CT molecular complexity index is 913. The highest BCUT2D eigenvalue weighted by atomic mass is 35.5. The van der Waals surface area contributed by atoms with Crippen molar-refractivity contribution in [2.24, 2.45) is 0 Å². The number of piperazine rings is 1. The van der Waals surface area contributed by atoms with Gasteiger partial charge in [0.05, 0.1) is 15.5 Å². The fraction of sp³-hybridized carbons (Fsp3) is 0.350. The van der Waals surface area contributed by atoms with Crippen LogP contribution in [0.2, 0.25) is 0 Å². The fourth-order valence-electron chi connectivity index (χ4n) is 3.05. The maximum absolute atomic E-state index is 12.7. The third kappa shape index (κ3) is 6.24. The van der Waals surface area contributed by atoms with E-state index >= 15 is 0 Å². The van der Waals surface area contributed by atoms with Gasteiger partial charge in [0, 0.05) is 43.1 Å². The molecule has 0 spiro atoms. The van der Waals surface area contributed by atoms with Crippen molar-refractivity contribution in [2.45, 2.75) is 26.1 Å². The largest absolute Gasteiger partial charge is 0.416 e. The van der Waals surface area contributed by atoms with E-state index in [-0.39, 0.29) is 22.5 Å². The maximum atomic E-state index is 12.7. The van der Waals surface area contributed by atoms with Gasteiger partial charge in [-0.1, -0.05) is 18.2 Å². The molecule has 1 aliphatic heterocycles. The number of carbonyl (C=O) groups is 1. The highest BCUT2D eigenvalue weighted by molar-refractivity contribution is 6.32. The van der Waals surface area contributed by atoms with Gasteiger partial charge in [-0.2, -0.15) is 13.2 Å². The smallest absolute Gasteiger partial charge is 0.367 e. The predicted molar refractivity (Wildman–Crippen MR) is 112 cm³/mol. The molecule has 1 aliphatic rings. The molecule has 0 aromatic heterocycles. The van der Waals surface area contributed by atoms with E-state index in [1.807, 2.05) is 4.90 Å². The normalized spacial score (nSPS) is 18.1. The summed E-state index contributed by atoms with van der Waals surface area (Å²) >= 11 is 6.18. The number of alkyl halides is 3. The summed E-state index contributed by atoms with van der Waals surface area (Å²) in [6.45, 7) is 8.30. The third-order valence-electron chi connectivity index (χ3n) is 4.79. The monoisotopic (exact) mass is 458 g/mol. The van der Waals surface area contributed by atoms with E-state index in [9.17, 15) is 28.1 Å². The van der Waals surface area contributed by atoms with Crippen LogP contribution in [0, 0.1) is 10.1 Å². The molecule has 0 saturated carbocycles. The molecule has 0 aliphatic carbocycles. The molecule has 1 aromatic carbocycles. The number of nitrogens with zero attached hydrogens (tertiary/aromatic N) is 3. The Morgan fingerprint density at radius 2 is 1.94 bits per heavy atom. The first kappa shape index (κ1) is 24.3. The molecule has 1 N–H and O–H groups in total. The van der Waals surface area contributed by atoms with Crippen LogP contribution in [0.15, 0.2) is 59.4 Å². The molecule has 0 bridgehead atoms. The van der Waals surface area contributed by atoms with Crippen LogP contribution in [0.1, 0.15) is 19.4 Å². The van der Waals surface area contributed by atoms with Crippen molar-refractivity contribution in [3.63, 3.8) is 0 Å². The van der Waals surface area contributed by atoms with E-state index in [2.05, 4.69) is 11.9 Å². The summed E-state index contributed by atoms with van der Waals surface area (Å²) in [5.41, 5.74) is -0.304. The van der Waals surface area contributed by atoms with Crippen molar-refractivity contribution in [3.8, 4) is 0 Å². The minimum Gasteiger partial charge on any atom is -0.367 e. The lowest BCUT2D eigenvalue weighted by molar-refractivity contribution is -0.419. The first-order valence-corrected chi connectivity index (χ1v) is 9.68. The van der Waals surface area contributed by atoms with Gasteiger partial charge in [-0.25, -0.2) is 4.79 Å². The van der Waals surface area contributed by atoms with E-state index in [1.54, 1.807) is 11.8 Å². The molecule has 1 saturated heterocycles. The van der Waals surface area contributed by atoms with E-state index < -0.39 is 22.7 Å². The molecule has 168 valence electrons. The van der Waals surface area contributed by atoms with E-state index in [0.717, 1.165) is 12.1 Å². The molecular weight excluding hydrogens is 437 g/mol. The molecule has 7 nitrogen and oxygen atoms in total. The average molecular weight is 459 g/mol. The van der Waals surface area contributed by atoms with Gasteiger partial charge >= 0.3 is 12.2 Å². The molecule has 0 radical (unpaired) electrons. The van der Waals surface area contributed by atoms with Gasteiger partial charge in [-0.3, -0.25) is 10.1 Å². The number of benzene rings is 1.